The number of rotatable bonds is 7. The number of methoxy groups -OCH3 is 1. The summed E-state index contributed by atoms with van der Waals surface area (Å²) in [6.45, 7) is 7.56. The molecule has 3 aromatic rings. The van der Waals surface area contributed by atoms with Gasteiger partial charge in [0.1, 0.15) is 5.75 Å². The first kappa shape index (κ1) is 19.7. The molecule has 1 aromatic heterocycles. The Morgan fingerprint density at radius 2 is 1.86 bits per heavy atom. The van der Waals surface area contributed by atoms with Crippen LogP contribution < -0.4 is 4.74 Å². The number of carbonyl (C=O) groups is 1. The first-order valence-corrected chi connectivity index (χ1v) is 9.62. The molecular weight excluding hydrogens is 348 g/mol. The Hall–Kier alpha value is -3.01. The molecular formula is C24H28N2O2. The molecule has 0 fully saturated rings. The van der Waals surface area contributed by atoms with Gasteiger partial charge >= 0.3 is 0 Å². The molecule has 1 heterocycles. The number of nitrogens with zero attached hydrogens (tertiary/aromatic N) is 2. The number of hydrogen-bond donors (Lipinski definition) is 0. The molecule has 0 spiro atoms. The lowest BCUT2D eigenvalue weighted by Crippen LogP contribution is -2.37. The summed E-state index contributed by atoms with van der Waals surface area (Å²) in [5.41, 5.74) is 4.27. The van der Waals surface area contributed by atoms with Crippen LogP contribution in [0.25, 0.3) is 0 Å². The standard InChI is InChI=1S/C24H28N2O2/c1-18(2)26(24(27)21-10-6-12-23(15-21)28-4)17-22-11-7-13-25(22)16-20-9-5-8-19(3)14-20/h5-15,18H,16-17H2,1-4H3. The molecule has 0 radical (unpaired) electrons. The predicted octanol–water partition coefficient (Wildman–Crippen LogP) is 4.90. The van der Waals surface area contributed by atoms with Crippen molar-refractivity contribution in [1.29, 1.82) is 0 Å². The van der Waals surface area contributed by atoms with E-state index in [4.69, 9.17) is 4.74 Å². The molecule has 2 aromatic carbocycles. The van der Waals surface area contributed by atoms with Crippen molar-refractivity contribution in [3.8, 4) is 5.75 Å². The van der Waals surface area contributed by atoms with Gasteiger partial charge in [-0.1, -0.05) is 35.9 Å². The van der Waals surface area contributed by atoms with Gasteiger partial charge in [-0.15, -0.1) is 0 Å². The third-order valence-electron chi connectivity index (χ3n) is 4.89. The molecule has 4 nitrogen and oxygen atoms in total. The van der Waals surface area contributed by atoms with Crippen molar-refractivity contribution in [2.75, 3.05) is 7.11 Å². The summed E-state index contributed by atoms with van der Waals surface area (Å²) in [4.78, 5) is 15.1. The van der Waals surface area contributed by atoms with Gasteiger partial charge in [0, 0.05) is 30.0 Å². The van der Waals surface area contributed by atoms with Gasteiger partial charge in [-0.05, 0) is 56.7 Å². The van der Waals surface area contributed by atoms with Crippen LogP contribution in [0.15, 0.2) is 66.9 Å². The molecule has 0 aliphatic rings. The maximum absolute atomic E-state index is 13.2. The predicted molar refractivity (Wildman–Crippen MR) is 113 cm³/mol. The number of aryl methyl sites for hydroxylation is 1. The molecule has 0 atom stereocenters. The highest BCUT2D eigenvalue weighted by molar-refractivity contribution is 5.94. The highest BCUT2D eigenvalue weighted by Crippen LogP contribution is 2.19. The molecule has 4 heteroatoms. The van der Waals surface area contributed by atoms with Crippen LogP contribution in [0.4, 0.5) is 0 Å². The van der Waals surface area contributed by atoms with Crippen molar-refractivity contribution >= 4 is 5.91 Å². The zero-order valence-corrected chi connectivity index (χ0v) is 17.1. The smallest absolute Gasteiger partial charge is 0.254 e. The fourth-order valence-electron chi connectivity index (χ4n) is 3.34. The second-order valence-electron chi connectivity index (χ2n) is 7.38. The first-order valence-electron chi connectivity index (χ1n) is 9.62. The van der Waals surface area contributed by atoms with Gasteiger partial charge in [-0.2, -0.15) is 0 Å². The molecule has 0 unspecified atom stereocenters. The second kappa shape index (κ2) is 8.79. The molecule has 3 rings (SSSR count). The third kappa shape index (κ3) is 4.63. The monoisotopic (exact) mass is 376 g/mol. The lowest BCUT2D eigenvalue weighted by Gasteiger charge is -2.27. The van der Waals surface area contributed by atoms with E-state index in [2.05, 4.69) is 48.0 Å². The summed E-state index contributed by atoms with van der Waals surface area (Å²) in [7, 11) is 1.61. The van der Waals surface area contributed by atoms with Crippen molar-refractivity contribution in [3.63, 3.8) is 0 Å². The quantitative estimate of drug-likeness (QED) is 0.587. The number of ether oxygens (including phenoxy) is 1. The van der Waals surface area contributed by atoms with Gasteiger partial charge in [0.15, 0.2) is 0 Å². The van der Waals surface area contributed by atoms with Crippen molar-refractivity contribution in [2.24, 2.45) is 0 Å². The fraction of sp³-hybridized carbons (Fsp3) is 0.292. The van der Waals surface area contributed by atoms with Gasteiger partial charge in [-0.3, -0.25) is 4.79 Å². The van der Waals surface area contributed by atoms with E-state index >= 15 is 0 Å². The fourth-order valence-corrected chi connectivity index (χ4v) is 3.34. The van der Waals surface area contributed by atoms with Crippen LogP contribution >= 0.6 is 0 Å². The minimum Gasteiger partial charge on any atom is -0.497 e. The molecule has 28 heavy (non-hydrogen) atoms. The van der Waals surface area contributed by atoms with E-state index < -0.39 is 0 Å². The Kier molecular flexibility index (Phi) is 6.19. The van der Waals surface area contributed by atoms with E-state index in [1.165, 1.54) is 11.1 Å². The average molecular weight is 377 g/mol. The first-order chi connectivity index (χ1) is 13.5. The van der Waals surface area contributed by atoms with Crippen molar-refractivity contribution < 1.29 is 9.53 Å². The van der Waals surface area contributed by atoms with E-state index in [0.717, 1.165) is 12.2 Å². The number of amides is 1. The summed E-state index contributed by atoms with van der Waals surface area (Å²) in [6, 6.07) is 20.1. The summed E-state index contributed by atoms with van der Waals surface area (Å²) >= 11 is 0. The lowest BCUT2D eigenvalue weighted by molar-refractivity contribution is 0.0685. The van der Waals surface area contributed by atoms with Crippen LogP contribution in [0.1, 0.15) is 41.0 Å². The molecule has 0 N–H and O–H groups in total. The van der Waals surface area contributed by atoms with Crippen LogP contribution in [-0.4, -0.2) is 28.5 Å². The molecule has 1 amide bonds. The molecule has 0 aliphatic carbocycles. The van der Waals surface area contributed by atoms with E-state index in [0.29, 0.717) is 17.9 Å². The van der Waals surface area contributed by atoms with E-state index in [-0.39, 0.29) is 11.9 Å². The molecule has 0 saturated heterocycles. The lowest BCUT2D eigenvalue weighted by atomic mass is 10.1. The maximum atomic E-state index is 13.2. The Balaban J connectivity index is 1.82. The summed E-state index contributed by atoms with van der Waals surface area (Å²) in [6.07, 6.45) is 2.08. The molecule has 0 bridgehead atoms. The Morgan fingerprint density at radius 3 is 2.57 bits per heavy atom. The highest BCUT2D eigenvalue weighted by atomic mass is 16.5. The van der Waals surface area contributed by atoms with Gasteiger partial charge in [0.2, 0.25) is 0 Å². The van der Waals surface area contributed by atoms with Crippen molar-refractivity contribution in [3.05, 3.63) is 89.2 Å². The summed E-state index contributed by atoms with van der Waals surface area (Å²) < 4.78 is 7.48. The van der Waals surface area contributed by atoms with E-state index in [9.17, 15) is 4.79 Å². The van der Waals surface area contributed by atoms with Crippen LogP contribution in [0.2, 0.25) is 0 Å². The largest absolute Gasteiger partial charge is 0.497 e. The molecule has 0 saturated carbocycles. The minimum atomic E-state index is 0.0113. The normalized spacial score (nSPS) is 10.9. The van der Waals surface area contributed by atoms with Crippen molar-refractivity contribution in [2.45, 2.75) is 39.9 Å². The van der Waals surface area contributed by atoms with E-state index in [1.54, 1.807) is 13.2 Å². The van der Waals surface area contributed by atoms with E-state index in [1.807, 2.05) is 43.0 Å². The minimum absolute atomic E-state index is 0.0113. The Labute approximate surface area is 167 Å². The maximum Gasteiger partial charge on any atom is 0.254 e. The van der Waals surface area contributed by atoms with Crippen LogP contribution in [-0.2, 0) is 13.1 Å². The number of aromatic nitrogens is 1. The Morgan fingerprint density at radius 1 is 1.07 bits per heavy atom. The van der Waals surface area contributed by atoms with Gasteiger partial charge in [-0.25, -0.2) is 0 Å². The number of benzene rings is 2. The third-order valence-corrected chi connectivity index (χ3v) is 4.89. The van der Waals surface area contributed by atoms with Gasteiger partial charge in [0.05, 0.1) is 13.7 Å². The molecule has 146 valence electrons. The van der Waals surface area contributed by atoms with Crippen LogP contribution in [0, 0.1) is 6.92 Å². The zero-order valence-electron chi connectivity index (χ0n) is 17.1. The van der Waals surface area contributed by atoms with Crippen LogP contribution in [0.3, 0.4) is 0 Å². The van der Waals surface area contributed by atoms with Gasteiger partial charge < -0.3 is 14.2 Å². The topological polar surface area (TPSA) is 34.5 Å². The number of hydrogen-bond acceptors (Lipinski definition) is 2. The van der Waals surface area contributed by atoms with Gasteiger partial charge in [0.25, 0.3) is 5.91 Å². The zero-order chi connectivity index (χ0) is 20.1. The molecule has 0 aliphatic heterocycles. The SMILES string of the molecule is COc1cccc(C(=O)N(Cc2cccn2Cc2cccc(C)c2)C(C)C)c1. The van der Waals surface area contributed by atoms with Crippen LogP contribution in [0.5, 0.6) is 5.75 Å². The number of carbonyl (C=O) groups excluding carboxylic acids is 1. The summed E-state index contributed by atoms with van der Waals surface area (Å²) in [5, 5.41) is 0. The second-order valence-corrected chi connectivity index (χ2v) is 7.38. The average Bonchev–Trinajstić information content (AvgIpc) is 3.12. The summed E-state index contributed by atoms with van der Waals surface area (Å²) in [5.74, 6) is 0.703. The van der Waals surface area contributed by atoms with Crippen molar-refractivity contribution in [1.82, 2.24) is 9.47 Å². The highest BCUT2D eigenvalue weighted by Gasteiger charge is 2.21. The Bertz CT molecular complexity index is 943.